The van der Waals surface area contributed by atoms with Gasteiger partial charge in [0, 0.05) is 44.4 Å². The molecule has 1 heterocycles. The van der Waals surface area contributed by atoms with E-state index in [1.54, 1.807) is 4.90 Å². The van der Waals surface area contributed by atoms with Gasteiger partial charge in [0.1, 0.15) is 5.75 Å². The van der Waals surface area contributed by atoms with Crippen molar-refractivity contribution in [2.75, 3.05) is 31.5 Å². The van der Waals surface area contributed by atoms with Crippen LogP contribution in [-0.4, -0.2) is 54.0 Å². The van der Waals surface area contributed by atoms with Gasteiger partial charge in [0.05, 0.1) is 6.10 Å². The van der Waals surface area contributed by atoms with Crippen molar-refractivity contribution in [3.63, 3.8) is 0 Å². The number of amides is 3. The number of nitrogens with one attached hydrogen (secondary N) is 1. The summed E-state index contributed by atoms with van der Waals surface area (Å²) >= 11 is 0. The average molecular weight is 345 g/mol. The highest BCUT2D eigenvalue weighted by Crippen LogP contribution is 2.25. The van der Waals surface area contributed by atoms with Gasteiger partial charge in [-0.2, -0.15) is 0 Å². The Hall–Kier alpha value is -2.24. The Morgan fingerprint density at radius 1 is 1.12 bits per heavy atom. The summed E-state index contributed by atoms with van der Waals surface area (Å²) in [5.41, 5.74) is 0.743. The van der Waals surface area contributed by atoms with Crippen molar-refractivity contribution in [1.82, 2.24) is 9.80 Å². The van der Waals surface area contributed by atoms with Gasteiger partial charge in [0.15, 0.2) is 0 Å². The fourth-order valence-corrected chi connectivity index (χ4v) is 3.43. The molecule has 2 aliphatic rings. The molecular formula is C19H27N3O3. The minimum absolute atomic E-state index is 0.124. The maximum Gasteiger partial charge on any atom is 0.321 e. The maximum absolute atomic E-state index is 12.4. The molecule has 136 valence electrons. The third-order valence-corrected chi connectivity index (χ3v) is 4.91. The molecule has 1 aliphatic carbocycles. The molecule has 0 atom stereocenters. The van der Waals surface area contributed by atoms with Gasteiger partial charge in [-0.05, 0) is 37.8 Å². The third kappa shape index (κ3) is 4.65. The highest BCUT2D eigenvalue weighted by atomic mass is 16.5. The van der Waals surface area contributed by atoms with Crippen molar-refractivity contribution in [3.8, 4) is 5.75 Å². The monoisotopic (exact) mass is 345 g/mol. The number of anilines is 1. The molecule has 1 aromatic rings. The number of hydrogen-bond donors (Lipinski definition) is 1. The molecule has 6 heteroatoms. The number of rotatable bonds is 4. The van der Waals surface area contributed by atoms with E-state index in [1.165, 1.54) is 12.8 Å². The molecular weight excluding hydrogens is 318 g/mol. The first-order valence-electron chi connectivity index (χ1n) is 9.26. The van der Waals surface area contributed by atoms with Crippen LogP contribution in [0.15, 0.2) is 24.3 Å². The maximum atomic E-state index is 12.4. The van der Waals surface area contributed by atoms with Crippen molar-refractivity contribution in [1.29, 1.82) is 0 Å². The van der Waals surface area contributed by atoms with Crippen LogP contribution in [0.4, 0.5) is 10.5 Å². The molecule has 2 fully saturated rings. The zero-order chi connectivity index (χ0) is 17.6. The minimum Gasteiger partial charge on any atom is -0.490 e. The van der Waals surface area contributed by atoms with Crippen LogP contribution in [0.25, 0.3) is 0 Å². The quantitative estimate of drug-likeness (QED) is 0.912. The Labute approximate surface area is 149 Å². The van der Waals surface area contributed by atoms with Crippen LogP contribution in [-0.2, 0) is 4.79 Å². The number of ether oxygens (including phenoxy) is 1. The lowest BCUT2D eigenvalue weighted by atomic mass is 10.2. The number of benzene rings is 1. The number of hydrogen-bond acceptors (Lipinski definition) is 3. The topological polar surface area (TPSA) is 61.9 Å². The summed E-state index contributed by atoms with van der Waals surface area (Å²) in [4.78, 5) is 27.7. The van der Waals surface area contributed by atoms with Gasteiger partial charge >= 0.3 is 6.03 Å². The minimum atomic E-state index is -0.124. The van der Waals surface area contributed by atoms with E-state index >= 15 is 0 Å². The Bertz CT molecular complexity index is 606. The van der Waals surface area contributed by atoms with E-state index in [-0.39, 0.29) is 11.9 Å². The van der Waals surface area contributed by atoms with E-state index in [1.807, 2.05) is 36.1 Å². The fraction of sp³-hybridized carbons (Fsp3) is 0.579. The van der Waals surface area contributed by atoms with Gasteiger partial charge in [0.2, 0.25) is 5.91 Å². The van der Waals surface area contributed by atoms with Crippen LogP contribution in [0, 0.1) is 0 Å². The van der Waals surface area contributed by atoms with E-state index in [9.17, 15) is 9.59 Å². The second-order valence-electron chi connectivity index (χ2n) is 6.70. The van der Waals surface area contributed by atoms with Gasteiger partial charge in [-0.1, -0.05) is 13.0 Å². The molecule has 1 N–H and O–H groups in total. The number of nitrogens with zero attached hydrogens (tertiary/aromatic N) is 2. The molecule has 25 heavy (non-hydrogen) atoms. The highest BCUT2D eigenvalue weighted by molar-refractivity contribution is 5.89. The molecule has 6 nitrogen and oxygen atoms in total. The molecule has 3 amide bonds. The van der Waals surface area contributed by atoms with E-state index in [4.69, 9.17) is 4.74 Å². The smallest absolute Gasteiger partial charge is 0.321 e. The highest BCUT2D eigenvalue weighted by Gasteiger charge is 2.23. The van der Waals surface area contributed by atoms with Crippen molar-refractivity contribution >= 4 is 17.6 Å². The van der Waals surface area contributed by atoms with Crippen LogP contribution in [0.3, 0.4) is 0 Å². The van der Waals surface area contributed by atoms with Gasteiger partial charge < -0.3 is 19.9 Å². The molecule has 0 aromatic heterocycles. The third-order valence-electron chi connectivity index (χ3n) is 4.91. The summed E-state index contributed by atoms with van der Waals surface area (Å²) in [6.45, 7) is 4.20. The molecule has 0 radical (unpaired) electrons. The molecule has 1 saturated carbocycles. The lowest BCUT2D eigenvalue weighted by Gasteiger charge is -2.34. The average Bonchev–Trinajstić information content (AvgIpc) is 3.14. The molecule has 3 rings (SSSR count). The summed E-state index contributed by atoms with van der Waals surface area (Å²) in [5.74, 6) is 0.958. The summed E-state index contributed by atoms with van der Waals surface area (Å²) in [6, 6.07) is 7.46. The second-order valence-corrected chi connectivity index (χ2v) is 6.70. The van der Waals surface area contributed by atoms with Crippen molar-refractivity contribution in [2.24, 2.45) is 0 Å². The lowest BCUT2D eigenvalue weighted by molar-refractivity contribution is -0.132. The van der Waals surface area contributed by atoms with Gasteiger partial charge in [-0.15, -0.1) is 0 Å². The van der Waals surface area contributed by atoms with Crippen molar-refractivity contribution < 1.29 is 14.3 Å². The van der Waals surface area contributed by atoms with E-state index in [0.29, 0.717) is 38.7 Å². The molecule has 1 saturated heterocycles. The summed E-state index contributed by atoms with van der Waals surface area (Å²) < 4.78 is 5.99. The number of carbonyl (C=O) groups excluding carboxylic acids is 2. The lowest BCUT2D eigenvalue weighted by Crippen LogP contribution is -2.51. The zero-order valence-corrected chi connectivity index (χ0v) is 14.9. The van der Waals surface area contributed by atoms with E-state index in [0.717, 1.165) is 24.3 Å². The number of urea groups is 1. The fourth-order valence-electron chi connectivity index (χ4n) is 3.43. The zero-order valence-electron chi connectivity index (χ0n) is 14.9. The molecule has 0 bridgehead atoms. The summed E-state index contributed by atoms with van der Waals surface area (Å²) in [6.07, 6.45) is 5.49. The van der Waals surface area contributed by atoms with Crippen LogP contribution >= 0.6 is 0 Å². The first kappa shape index (κ1) is 17.6. The second kappa shape index (κ2) is 8.23. The first-order chi connectivity index (χ1) is 12.2. The van der Waals surface area contributed by atoms with E-state index < -0.39 is 0 Å². The SMILES string of the molecule is CCC(=O)N1CCN(C(=O)Nc2cccc(OC3CCCC3)c2)CC1. The van der Waals surface area contributed by atoms with Crippen molar-refractivity contribution in [3.05, 3.63) is 24.3 Å². The Kier molecular flexibility index (Phi) is 5.79. The largest absolute Gasteiger partial charge is 0.490 e. The number of piperazine rings is 1. The van der Waals surface area contributed by atoms with Crippen LogP contribution < -0.4 is 10.1 Å². The van der Waals surface area contributed by atoms with Crippen LogP contribution in [0.5, 0.6) is 5.75 Å². The molecule has 1 aliphatic heterocycles. The standard InChI is InChI=1S/C19H27N3O3/c1-2-18(23)21-10-12-22(13-11-21)19(24)20-15-6-5-9-17(14-15)25-16-7-3-4-8-16/h5-6,9,14,16H,2-4,7-8,10-13H2,1H3,(H,20,24). The van der Waals surface area contributed by atoms with Gasteiger partial charge in [-0.3, -0.25) is 4.79 Å². The molecule has 0 unspecified atom stereocenters. The molecule has 1 aromatic carbocycles. The van der Waals surface area contributed by atoms with Gasteiger partial charge in [-0.25, -0.2) is 4.79 Å². The summed E-state index contributed by atoms with van der Waals surface area (Å²) in [5, 5.41) is 2.94. The normalized spacial score (nSPS) is 18.3. The predicted octanol–water partition coefficient (Wildman–Crippen LogP) is 3.09. The Morgan fingerprint density at radius 2 is 1.80 bits per heavy atom. The first-order valence-corrected chi connectivity index (χ1v) is 9.26. The van der Waals surface area contributed by atoms with Crippen molar-refractivity contribution in [2.45, 2.75) is 45.1 Å². The summed E-state index contributed by atoms with van der Waals surface area (Å²) in [7, 11) is 0. The Morgan fingerprint density at radius 3 is 2.48 bits per heavy atom. The van der Waals surface area contributed by atoms with Gasteiger partial charge in [0.25, 0.3) is 0 Å². The van der Waals surface area contributed by atoms with Crippen LogP contribution in [0.2, 0.25) is 0 Å². The number of carbonyl (C=O) groups is 2. The Balaban J connectivity index is 1.52. The predicted molar refractivity (Wildman–Crippen MR) is 96.8 cm³/mol. The van der Waals surface area contributed by atoms with Crippen LogP contribution in [0.1, 0.15) is 39.0 Å². The molecule has 0 spiro atoms. The van der Waals surface area contributed by atoms with E-state index in [2.05, 4.69) is 5.32 Å².